The molecule has 88 valence electrons. The van der Waals surface area contributed by atoms with Gasteiger partial charge in [-0.1, -0.05) is 0 Å². The van der Waals surface area contributed by atoms with Crippen molar-refractivity contribution < 1.29 is 14.0 Å². The van der Waals surface area contributed by atoms with Crippen LogP contribution in [0.5, 0.6) is 0 Å². The number of rotatable bonds is 4. The molecule has 5 nitrogen and oxygen atoms in total. The number of amides is 2. The van der Waals surface area contributed by atoms with E-state index >= 15 is 0 Å². The Morgan fingerprint density at radius 1 is 1.07 bits per heavy atom. The van der Waals surface area contributed by atoms with Crippen molar-refractivity contribution in [1.29, 1.82) is 0 Å². The molecule has 0 heterocycles. The first-order chi connectivity index (χ1) is 6.77. The number of hydrogen-bond donors (Lipinski definition) is 0. The minimum Gasteiger partial charge on any atom is -0.383 e. The molecule has 0 saturated carbocycles. The van der Waals surface area contributed by atoms with Crippen LogP contribution in [0.2, 0.25) is 0 Å². The Bertz CT molecular complexity index is 226. The zero-order chi connectivity index (χ0) is 12.2. The van der Waals surface area contributed by atoms with Crippen LogP contribution < -0.4 is 0 Å². The molecule has 0 aromatic rings. The highest BCUT2D eigenvalue weighted by Gasteiger charge is 2.29. The summed E-state index contributed by atoms with van der Waals surface area (Å²) >= 11 is 0. The maximum absolute atomic E-state index is 11.2. The molecular weight excluding hydrogens is 212 g/mol. The predicted octanol–water partition coefficient (Wildman–Crippen LogP) is 0.0852. The van der Waals surface area contributed by atoms with Crippen molar-refractivity contribution in [2.75, 3.05) is 14.1 Å². The van der Waals surface area contributed by atoms with Gasteiger partial charge in [-0.15, -0.1) is 0 Å². The van der Waals surface area contributed by atoms with Gasteiger partial charge in [0.25, 0.3) is 0 Å². The topological polar surface area (TPSA) is 49.9 Å². The first-order valence-corrected chi connectivity index (χ1v) is 6.40. The van der Waals surface area contributed by atoms with Crippen LogP contribution in [-0.4, -0.2) is 50.5 Å². The molecule has 0 saturated heterocycles. The molecule has 0 aliphatic heterocycles. The van der Waals surface area contributed by atoms with E-state index in [1.54, 1.807) is 14.1 Å². The van der Waals surface area contributed by atoms with Gasteiger partial charge in [-0.3, -0.25) is 9.59 Å². The van der Waals surface area contributed by atoms with Crippen molar-refractivity contribution >= 4 is 21.2 Å². The largest absolute Gasteiger partial charge is 0.406 e. The van der Waals surface area contributed by atoms with Crippen LogP contribution >= 0.6 is 0 Å². The molecule has 0 rings (SSSR count). The molecule has 15 heavy (non-hydrogen) atoms. The smallest absolute Gasteiger partial charge is 0.383 e. The molecule has 0 spiro atoms. The van der Waals surface area contributed by atoms with E-state index in [-0.39, 0.29) is 17.9 Å². The summed E-state index contributed by atoms with van der Waals surface area (Å²) < 4.78 is 8.70. The Morgan fingerprint density at radius 3 is 1.60 bits per heavy atom. The molecule has 2 amide bonds. The summed E-state index contributed by atoms with van der Waals surface area (Å²) in [5.74, 6) is -0.166. The van der Waals surface area contributed by atoms with Crippen molar-refractivity contribution in [3.8, 4) is 0 Å². The lowest BCUT2D eigenvalue weighted by molar-refractivity contribution is -0.127. The van der Waals surface area contributed by atoms with E-state index < -0.39 is 9.36 Å². The molecule has 0 unspecified atom stereocenters. The zero-order valence-electron chi connectivity index (χ0n) is 10.3. The molecule has 0 aromatic carbocycles. The van der Waals surface area contributed by atoms with E-state index in [2.05, 4.69) is 0 Å². The number of carbonyl (C=O) groups is 2. The Labute approximate surface area is 92.9 Å². The standard InChI is InChI=1S/C9H20N2O3Si/c1-7(2)14-15(10(5)8(3)12)11(6)9(4)13/h7,15H,1-6H3. The summed E-state index contributed by atoms with van der Waals surface area (Å²) in [6.45, 7) is 6.72. The molecule has 0 bridgehead atoms. The Balaban J connectivity index is 4.71. The summed E-state index contributed by atoms with van der Waals surface area (Å²) in [5.41, 5.74) is 0. The van der Waals surface area contributed by atoms with E-state index in [1.807, 2.05) is 13.8 Å². The van der Waals surface area contributed by atoms with Crippen molar-refractivity contribution in [2.45, 2.75) is 33.8 Å². The van der Waals surface area contributed by atoms with Gasteiger partial charge in [0.1, 0.15) is 0 Å². The fourth-order valence-corrected chi connectivity index (χ4v) is 2.99. The average molecular weight is 232 g/mol. The van der Waals surface area contributed by atoms with Crippen molar-refractivity contribution in [3.63, 3.8) is 0 Å². The molecule has 0 aliphatic carbocycles. The molecule has 0 radical (unpaired) electrons. The van der Waals surface area contributed by atoms with Gasteiger partial charge < -0.3 is 13.6 Å². The Morgan fingerprint density at radius 2 is 1.40 bits per heavy atom. The molecule has 0 N–H and O–H groups in total. The van der Waals surface area contributed by atoms with Crippen LogP contribution in [0.3, 0.4) is 0 Å². The van der Waals surface area contributed by atoms with E-state index in [9.17, 15) is 9.59 Å². The van der Waals surface area contributed by atoms with Crippen LogP contribution in [0.15, 0.2) is 0 Å². The minimum absolute atomic E-state index is 0.00488. The van der Waals surface area contributed by atoms with Gasteiger partial charge in [0.2, 0.25) is 11.8 Å². The lowest BCUT2D eigenvalue weighted by Crippen LogP contribution is -2.55. The summed E-state index contributed by atoms with van der Waals surface area (Å²) in [6, 6.07) is 0. The minimum atomic E-state index is -2.13. The quantitative estimate of drug-likeness (QED) is 0.645. The second kappa shape index (κ2) is 5.87. The maximum Gasteiger partial charge on any atom is 0.406 e. The highest BCUT2D eigenvalue weighted by Crippen LogP contribution is 2.04. The van der Waals surface area contributed by atoms with Gasteiger partial charge in [-0.05, 0) is 13.8 Å². The van der Waals surface area contributed by atoms with Gasteiger partial charge in [0.05, 0.1) is 0 Å². The molecular formula is C9H20N2O3Si. The summed E-state index contributed by atoms with van der Waals surface area (Å²) in [7, 11) is 1.21. The normalized spacial score (nSPS) is 10.7. The summed E-state index contributed by atoms with van der Waals surface area (Å²) in [6.07, 6.45) is 0.00488. The van der Waals surface area contributed by atoms with Crippen LogP contribution in [0.1, 0.15) is 27.7 Å². The third-order valence-electron chi connectivity index (χ3n) is 2.05. The van der Waals surface area contributed by atoms with E-state index in [4.69, 9.17) is 4.43 Å². The highest BCUT2D eigenvalue weighted by molar-refractivity contribution is 6.51. The lowest BCUT2D eigenvalue weighted by atomic mass is 10.5. The summed E-state index contributed by atoms with van der Waals surface area (Å²) in [5, 5.41) is 0. The molecule has 6 heteroatoms. The monoisotopic (exact) mass is 232 g/mol. The lowest BCUT2D eigenvalue weighted by Gasteiger charge is -2.32. The second-order valence-electron chi connectivity index (χ2n) is 3.77. The van der Waals surface area contributed by atoms with Crippen LogP contribution in [0.4, 0.5) is 0 Å². The van der Waals surface area contributed by atoms with Gasteiger partial charge >= 0.3 is 9.36 Å². The van der Waals surface area contributed by atoms with Crippen LogP contribution in [-0.2, 0) is 14.0 Å². The van der Waals surface area contributed by atoms with Gasteiger partial charge in [0, 0.05) is 34.0 Å². The fraction of sp³-hybridized carbons (Fsp3) is 0.778. The number of carbonyl (C=O) groups excluding carboxylic acids is 2. The molecule has 0 aromatic heterocycles. The van der Waals surface area contributed by atoms with Gasteiger partial charge in [0.15, 0.2) is 0 Å². The first-order valence-electron chi connectivity index (χ1n) is 4.89. The Hall–Kier alpha value is -0.883. The SMILES string of the molecule is CC(=O)N(C)[SiH](OC(C)C)N(C)C(C)=O. The summed E-state index contributed by atoms with van der Waals surface area (Å²) in [4.78, 5) is 22.5. The fourth-order valence-electron chi connectivity index (χ4n) is 0.997. The zero-order valence-corrected chi connectivity index (χ0v) is 11.4. The van der Waals surface area contributed by atoms with Crippen molar-refractivity contribution in [2.24, 2.45) is 0 Å². The highest BCUT2D eigenvalue weighted by atomic mass is 28.3. The van der Waals surface area contributed by atoms with Gasteiger partial charge in [-0.2, -0.15) is 0 Å². The predicted molar refractivity (Wildman–Crippen MR) is 60.3 cm³/mol. The maximum atomic E-state index is 11.2. The van der Waals surface area contributed by atoms with Crippen LogP contribution in [0.25, 0.3) is 0 Å². The third-order valence-corrected chi connectivity index (χ3v) is 4.89. The third kappa shape index (κ3) is 4.44. The van der Waals surface area contributed by atoms with E-state index in [0.29, 0.717) is 0 Å². The van der Waals surface area contributed by atoms with Gasteiger partial charge in [-0.25, -0.2) is 0 Å². The van der Waals surface area contributed by atoms with Crippen LogP contribution in [0, 0.1) is 0 Å². The van der Waals surface area contributed by atoms with E-state index in [0.717, 1.165) is 0 Å². The molecule has 0 atom stereocenters. The second-order valence-corrected chi connectivity index (χ2v) is 6.24. The Kier molecular flexibility index (Phi) is 5.52. The first kappa shape index (κ1) is 14.1. The van der Waals surface area contributed by atoms with Crippen molar-refractivity contribution in [3.05, 3.63) is 0 Å². The van der Waals surface area contributed by atoms with Crippen molar-refractivity contribution in [1.82, 2.24) is 9.13 Å². The number of hydrogen-bond acceptors (Lipinski definition) is 3. The van der Waals surface area contributed by atoms with E-state index in [1.165, 1.54) is 23.0 Å². The average Bonchev–Trinajstić information content (AvgIpc) is 2.11. The molecule has 0 fully saturated rings. The molecule has 0 aliphatic rings. The number of nitrogens with zero attached hydrogens (tertiary/aromatic N) is 2.